The molecule has 0 spiro atoms. The minimum absolute atomic E-state index is 0.0633. The standard InChI is InChI=1S/C13H24N2O2/c1-12(6-8-14-9-7-12)15-11(16)13(2)5-3-4-10-17-13/h14H,3-10H2,1-2H3,(H,15,16)/t13-/m1/s1. The van der Waals surface area contributed by atoms with Crippen molar-refractivity contribution in [3.63, 3.8) is 0 Å². The Kier molecular flexibility index (Phi) is 3.73. The van der Waals surface area contributed by atoms with E-state index in [1.165, 1.54) is 0 Å². The van der Waals surface area contributed by atoms with Crippen molar-refractivity contribution in [1.82, 2.24) is 10.6 Å². The lowest BCUT2D eigenvalue weighted by Crippen LogP contribution is -2.58. The van der Waals surface area contributed by atoms with E-state index in [9.17, 15) is 4.79 Å². The van der Waals surface area contributed by atoms with Crippen molar-refractivity contribution < 1.29 is 9.53 Å². The van der Waals surface area contributed by atoms with Crippen LogP contribution in [-0.4, -0.2) is 36.7 Å². The Morgan fingerprint density at radius 2 is 1.88 bits per heavy atom. The summed E-state index contributed by atoms with van der Waals surface area (Å²) in [5.41, 5.74) is -0.668. The zero-order valence-electron chi connectivity index (χ0n) is 11.0. The Hall–Kier alpha value is -0.610. The molecular weight excluding hydrogens is 216 g/mol. The van der Waals surface area contributed by atoms with Gasteiger partial charge < -0.3 is 15.4 Å². The molecule has 2 saturated heterocycles. The molecule has 0 aliphatic carbocycles. The number of nitrogens with one attached hydrogen (secondary N) is 2. The van der Waals surface area contributed by atoms with Crippen molar-refractivity contribution in [3.05, 3.63) is 0 Å². The predicted molar refractivity (Wildman–Crippen MR) is 66.9 cm³/mol. The van der Waals surface area contributed by atoms with Gasteiger partial charge in [-0.2, -0.15) is 0 Å². The van der Waals surface area contributed by atoms with Crippen LogP contribution in [-0.2, 0) is 9.53 Å². The highest BCUT2D eigenvalue weighted by Crippen LogP contribution is 2.26. The van der Waals surface area contributed by atoms with Crippen LogP contribution in [0.4, 0.5) is 0 Å². The van der Waals surface area contributed by atoms with E-state index in [0.29, 0.717) is 6.61 Å². The second-order valence-electron chi connectivity index (χ2n) is 5.80. The molecule has 1 amide bonds. The predicted octanol–water partition coefficient (Wildman–Crippen LogP) is 1.20. The van der Waals surface area contributed by atoms with Gasteiger partial charge in [0.2, 0.25) is 0 Å². The van der Waals surface area contributed by atoms with Gasteiger partial charge in [-0.1, -0.05) is 0 Å². The molecule has 2 N–H and O–H groups in total. The highest BCUT2D eigenvalue weighted by Gasteiger charge is 2.39. The lowest BCUT2D eigenvalue weighted by atomic mass is 9.88. The van der Waals surface area contributed by atoms with Crippen molar-refractivity contribution >= 4 is 5.91 Å². The molecule has 0 aromatic rings. The molecule has 0 bridgehead atoms. The van der Waals surface area contributed by atoms with Crippen LogP contribution >= 0.6 is 0 Å². The topological polar surface area (TPSA) is 50.4 Å². The largest absolute Gasteiger partial charge is 0.365 e. The van der Waals surface area contributed by atoms with E-state index < -0.39 is 5.60 Å². The zero-order chi connectivity index (χ0) is 12.4. The molecule has 17 heavy (non-hydrogen) atoms. The third kappa shape index (κ3) is 2.99. The average molecular weight is 240 g/mol. The molecule has 1 atom stereocenters. The van der Waals surface area contributed by atoms with Crippen LogP contribution in [0.15, 0.2) is 0 Å². The van der Waals surface area contributed by atoms with E-state index >= 15 is 0 Å². The molecule has 2 aliphatic rings. The number of hydrogen-bond donors (Lipinski definition) is 2. The van der Waals surface area contributed by atoms with Crippen LogP contribution in [0.1, 0.15) is 46.0 Å². The fraction of sp³-hybridized carbons (Fsp3) is 0.923. The molecule has 98 valence electrons. The minimum atomic E-state index is -0.605. The number of hydrogen-bond acceptors (Lipinski definition) is 3. The van der Waals surface area contributed by atoms with Gasteiger partial charge >= 0.3 is 0 Å². The van der Waals surface area contributed by atoms with Crippen LogP contribution in [0, 0.1) is 0 Å². The van der Waals surface area contributed by atoms with Crippen molar-refractivity contribution in [2.75, 3.05) is 19.7 Å². The maximum absolute atomic E-state index is 12.3. The van der Waals surface area contributed by atoms with Gasteiger partial charge in [-0.3, -0.25) is 4.79 Å². The summed E-state index contributed by atoms with van der Waals surface area (Å²) in [5.74, 6) is 0.0709. The summed E-state index contributed by atoms with van der Waals surface area (Å²) in [4.78, 5) is 12.3. The van der Waals surface area contributed by atoms with Gasteiger partial charge in [0, 0.05) is 12.1 Å². The van der Waals surface area contributed by atoms with E-state index in [1.54, 1.807) is 0 Å². The Morgan fingerprint density at radius 1 is 1.18 bits per heavy atom. The molecule has 0 saturated carbocycles. The molecule has 0 unspecified atom stereocenters. The fourth-order valence-corrected chi connectivity index (χ4v) is 2.62. The van der Waals surface area contributed by atoms with E-state index in [0.717, 1.165) is 45.2 Å². The number of ether oxygens (including phenoxy) is 1. The van der Waals surface area contributed by atoms with Crippen LogP contribution in [0.5, 0.6) is 0 Å². The number of carbonyl (C=O) groups excluding carboxylic acids is 1. The van der Waals surface area contributed by atoms with Gasteiger partial charge in [-0.25, -0.2) is 0 Å². The summed E-state index contributed by atoms with van der Waals surface area (Å²) in [6.45, 7) is 6.73. The first-order valence-corrected chi connectivity index (χ1v) is 6.71. The van der Waals surface area contributed by atoms with Gasteiger partial charge in [-0.05, 0) is 59.0 Å². The molecule has 2 rings (SSSR count). The number of piperidine rings is 1. The molecule has 2 fully saturated rings. The quantitative estimate of drug-likeness (QED) is 0.762. The third-order valence-electron chi connectivity index (χ3n) is 4.07. The lowest BCUT2D eigenvalue weighted by molar-refractivity contribution is -0.152. The van der Waals surface area contributed by atoms with Crippen molar-refractivity contribution in [3.8, 4) is 0 Å². The highest BCUT2D eigenvalue weighted by atomic mass is 16.5. The molecule has 4 heteroatoms. The van der Waals surface area contributed by atoms with Crippen LogP contribution < -0.4 is 10.6 Å². The number of amides is 1. The summed E-state index contributed by atoms with van der Waals surface area (Å²) in [6, 6.07) is 0. The second kappa shape index (κ2) is 4.94. The molecule has 2 aliphatic heterocycles. The summed E-state index contributed by atoms with van der Waals surface area (Å²) in [6.07, 6.45) is 4.99. The van der Waals surface area contributed by atoms with Crippen LogP contribution in [0.2, 0.25) is 0 Å². The van der Waals surface area contributed by atoms with Crippen molar-refractivity contribution in [1.29, 1.82) is 0 Å². The smallest absolute Gasteiger partial charge is 0.252 e. The van der Waals surface area contributed by atoms with Gasteiger partial charge in [0.15, 0.2) is 0 Å². The van der Waals surface area contributed by atoms with Crippen molar-refractivity contribution in [2.45, 2.75) is 57.1 Å². The van der Waals surface area contributed by atoms with E-state index in [4.69, 9.17) is 4.74 Å². The average Bonchev–Trinajstić information content (AvgIpc) is 2.30. The molecule has 4 nitrogen and oxygen atoms in total. The zero-order valence-corrected chi connectivity index (χ0v) is 11.0. The van der Waals surface area contributed by atoms with Gasteiger partial charge in [-0.15, -0.1) is 0 Å². The molecule has 0 aromatic heterocycles. The second-order valence-corrected chi connectivity index (χ2v) is 5.80. The Labute approximate surface area is 103 Å². The van der Waals surface area contributed by atoms with Crippen LogP contribution in [0.3, 0.4) is 0 Å². The van der Waals surface area contributed by atoms with Gasteiger partial charge in [0.25, 0.3) is 5.91 Å². The maximum Gasteiger partial charge on any atom is 0.252 e. The fourth-order valence-electron chi connectivity index (χ4n) is 2.62. The summed E-state index contributed by atoms with van der Waals surface area (Å²) in [5, 5.41) is 6.52. The monoisotopic (exact) mass is 240 g/mol. The third-order valence-corrected chi connectivity index (χ3v) is 4.07. The van der Waals surface area contributed by atoms with E-state index in [1.807, 2.05) is 6.92 Å². The summed E-state index contributed by atoms with van der Waals surface area (Å²) < 4.78 is 5.69. The highest BCUT2D eigenvalue weighted by molar-refractivity contribution is 5.85. The lowest BCUT2D eigenvalue weighted by Gasteiger charge is -2.40. The first-order valence-electron chi connectivity index (χ1n) is 6.71. The first kappa shape index (κ1) is 12.8. The van der Waals surface area contributed by atoms with Crippen LogP contribution in [0.25, 0.3) is 0 Å². The minimum Gasteiger partial charge on any atom is -0.365 e. The summed E-state index contributed by atoms with van der Waals surface area (Å²) in [7, 11) is 0. The molecule has 2 heterocycles. The molecule has 0 radical (unpaired) electrons. The normalized spacial score (nSPS) is 33.1. The Balaban J connectivity index is 1.95. The van der Waals surface area contributed by atoms with Gasteiger partial charge in [0.05, 0.1) is 0 Å². The van der Waals surface area contributed by atoms with E-state index in [2.05, 4.69) is 17.6 Å². The molecule has 0 aromatic carbocycles. The summed E-state index contributed by atoms with van der Waals surface area (Å²) >= 11 is 0. The first-order chi connectivity index (χ1) is 8.04. The number of rotatable bonds is 2. The maximum atomic E-state index is 12.3. The van der Waals surface area contributed by atoms with Crippen molar-refractivity contribution in [2.24, 2.45) is 0 Å². The Bertz CT molecular complexity index is 279. The number of carbonyl (C=O) groups is 1. The van der Waals surface area contributed by atoms with Gasteiger partial charge in [0.1, 0.15) is 5.60 Å². The molecular formula is C13H24N2O2. The van der Waals surface area contributed by atoms with E-state index in [-0.39, 0.29) is 11.4 Å². The Morgan fingerprint density at radius 3 is 2.47 bits per heavy atom. The SMILES string of the molecule is CC1(NC(=O)[C@@]2(C)CCCCO2)CCNCC1.